The Balaban J connectivity index is 3.47. The van der Waals surface area contributed by atoms with Crippen LogP contribution in [-0.2, 0) is 9.59 Å². The van der Waals surface area contributed by atoms with E-state index in [1.807, 2.05) is 0 Å². The fourth-order valence-electron chi connectivity index (χ4n) is 1.85. The Kier molecular flexibility index (Phi) is 5.19. The van der Waals surface area contributed by atoms with Crippen LogP contribution in [0.3, 0.4) is 0 Å². The Bertz CT molecular complexity index is 502. The molecule has 0 fully saturated rings. The Morgan fingerprint density at radius 1 is 1.15 bits per heavy atom. The van der Waals surface area contributed by atoms with Crippen LogP contribution in [0, 0.1) is 0 Å². The molecule has 1 rings (SSSR count). The monoisotopic (exact) mass is 283 g/mol. The zero-order valence-electron chi connectivity index (χ0n) is 11.7. The molecule has 1 aromatic rings. The van der Waals surface area contributed by atoms with Crippen molar-refractivity contribution in [1.29, 1.82) is 0 Å². The zero-order chi connectivity index (χ0) is 15.3. The van der Waals surface area contributed by atoms with Gasteiger partial charge >= 0.3 is 5.97 Å². The highest BCUT2D eigenvalue weighted by Gasteiger charge is 2.29. The molecule has 0 aliphatic rings. The first-order chi connectivity index (χ1) is 9.49. The third-order valence-corrected chi connectivity index (χ3v) is 2.84. The largest absolute Gasteiger partial charge is 0.496 e. The number of carboxylic acids is 1. The predicted octanol–water partition coefficient (Wildman–Crippen LogP) is 0.926. The number of likely N-dealkylation sites (N-methyl/N-ethyl adjacent to an activating group) is 1. The summed E-state index contributed by atoms with van der Waals surface area (Å²) in [5.74, 6) is -0.117. The molecule has 0 saturated heterocycles. The highest BCUT2D eigenvalue weighted by molar-refractivity contribution is 5.79. The number of hydrogen-bond acceptors (Lipinski definition) is 5. The second-order valence-electron chi connectivity index (χ2n) is 3.96. The number of hydrogen-bond donors (Lipinski definition) is 1. The van der Waals surface area contributed by atoms with Crippen LogP contribution in [0.4, 0.5) is 0 Å². The third-order valence-electron chi connectivity index (χ3n) is 2.84. The van der Waals surface area contributed by atoms with Crippen LogP contribution in [0.2, 0.25) is 0 Å². The Hall–Kier alpha value is -2.44. The molecule has 0 aliphatic heterocycles. The van der Waals surface area contributed by atoms with E-state index in [0.29, 0.717) is 29.2 Å². The number of rotatable bonds is 7. The predicted molar refractivity (Wildman–Crippen MR) is 70.3 cm³/mol. The van der Waals surface area contributed by atoms with Crippen LogP contribution in [0.25, 0.3) is 0 Å². The lowest BCUT2D eigenvalue weighted by atomic mass is 10.0. The number of nitrogens with zero attached hydrogens (tertiary/aromatic N) is 1. The van der Waals surface area contributed by atoms with E-state index in [4.69, 9.17) is 14.2 Å². The average Bonchev–Trinajstić information content (AvgIpc) is 2.46. The van der Waals surface area contributed by atoms with Crippen LogP contribution in [-0.4, -0.2) is 50.8 Å². The van der Waals surface area contributed by atoms with E-state index in [-0.39, 0.29) is 0 Å². The van der Waals surface area contributed by atoms with Crippen molar-refractivity contribution in [3.63, 3.8) is 0 Å². The number of carbonyl (C=O) groups excluding carboxylic acids is 1. The Morgan fingerprint density at radius 3 is 2.05 bits per heavy atom. The summed E-state index contributed by atoms with van der Waals surface area (Å²) in [4.78, 5) is 23.3. The molecule has 110 valence electrons. The summed E-state index contributed by atoms with van der Waals surface area (Å²) in [6.07, 6.45) is 0.439. The molecule has 1 atom stereocenters. The topological polar surface area (TPSA) is 85.3 Å². The van der Waals surface area contributed by atoms with Gasteiger partial charge in [-0.2, -0.15) is 0 Å². The van der Waals surface area contributed by atoms with Gasteiger partial charge in [0.1, 0.15) is 5.75 Å². The van der Waals surface area contributed by atoms with Crippen LogP contribution >= 0.6 is 0 Å². The van der Waals surface area contributed by atoms with E-state index in [1.165, 1.54) is 40.5 Å². The lowest BCUT2D eigenvalue weighted by Crippen LogP contribution is -2.30. The van der Waals surface area contributed by atoms with Gasteiger partial charge in [0.2, 0.25) is 6.41 Å². The molecule has 1 amide bonds. The quantitative estimate of drug-likeness (QED) is 0.749. The van der Waals surface area contributed by atoms with Gasteiger partial charge in [-0.25, -0.2) is 4.79 Å². The summed E-state index contributed by atoms with van der Waals surface area (Å²) in [6.45, 7) is 0. The maximum absolute atomic E-state index is 11.4. The van der Waals surface area contributed by atoms with Gasteiger partial charge in [0.15, 0.2) is 17.5 Å². The minimum absolute atomic E-state index is 0.295. The lowest BCUT2D eigenvalue weighted by molar-refractivity contribution is -0.145. The number of ether oxygens (including phenoxy) is 3. The molecule has 0 heterocycles. The highest BCUT2D eigenvalue weighted by atomic mass is 16.5. The van der Waals surface area contributed by atoms with Gasteiger partial charge < -0.3 is 24.2 Å². The summed E-state index contributed by atoms with van der Waals surface area (Å²) >= 11 is 0. The lowest BCUT2D eigenvalue weighted by Gasteiger charge is -2.23. The van der Waals surface area contributed by atoms with E-state index >= 15 is 0 Å². The number of aliphatic carboxylic acids is 1. The molecule has 7 heteroatoms. The molecule has 0 aliphatic carbocycles. The maximum Gasteiger partial charge on any atom is 0.331 e. The van der Waals surface area contributed by atoms with Crippen molar-refractivity contribution in [2.75, 3.05) is 28.4 Å². The average molecular weight is 283 g/mol. The number of carbonyl (C=O) groups is 2. The van der Waals surface area contributed by atoms with Gasteiger partial charge in [-0.3, -0.25) is 4.79 Å². The fraction of sp³-hybridized carbons (Fsp3) is 0.385. The van der Waals surface area contributed by atoms with Crippen molar-refractivity contribution in [3.05, 3.63) is 17.7 Å². The van der Waals surface area contributed by atoms with Gasteiger partial charge in [-0.15, -0.1) is 0 Å². The first-order valence-corrected chi connectivity index (χ1v) is 5.70. The van der Waals surface area contributed by atoms with E-state index in [0.717, 1.165) is 4.90 Å². The van der Waals surface area contributed by atoms with Gasteiger partial charge in [0, 0.05) is 18.7 Å². The highest BCUT2D eigenvalue weighted by Crippen LogP contribution is 2.38. The standard InChI is InChI=1S/C13H17NO6/c1-14(7-15)12(13(16)17)8-5-10(19-3)11(20-4)6-9(8)18-2/h5-7,12H,1-4H3,(H,16,17). The molecule has 1 N–H and O–H groups in total. The van der Waals surface area contributed by atoms with E-state index in [1.54, 1.807) is 0 Å². The second-order valence-corrected chi connectivity index (χ2v) is 3.96. The first-order valence-electron chi connectivity index (χ1n) is 5.70. The number of carboxylic acid groups (broad SMARTS) is 1. The van der Waals surface area contributed by atoms with Crippen LogP contribution in [0.5, 0.6) is 17.2 Å². The van der Waals surface area contributed by atoms with Crippen molar-refractivity contribution in [2.45, 2.75) is 6.04 Å². The molecular formula is C13H17NO6. The molecule has 0 saturated carbocycles. The van der Waals surface area contributed by atoms with Gasteiger partial charge in [0.25, 0.3) is 0 Å². The number of methoxy groups -OCH3 is 3. The molecule has 1 unspecified atom stereocenters. The molecule has 0 radical (unpaired) electrons. The Morgan fingerprint density at radius 2 is 1.65 bits per heavy atom. The number of amides is 1. The molecule has 0 bridgehead atoms. The van der Waals surface area contributed by atoms with Gasteiger partial charge in [-0.1, -0.05) is 0 Å². The van der Waals surface area contributed by atoms with Crippen LogP contribution < -0.4 is 14.2 Å². The van der Waals surface area contributed by atoms with Crippen molar-refractivity contribution in [1.82, 2.24) is 4.90 Å². The summed E-state index contributed by atoms with van der Waals surface area (Å²) in [6, 6.07) is 1.82. The zero-order valence-corrected chi connectivity index (χ0v) is 11.7. The first kappa shape index (κ1) is 15.6. The van der Waals surface area contributed by atoms with Crippen LogP contribution in [0.15, 0.2) is 12.1 Å². The minimum atomic E-state index is -1.18. The maximum atomic E-state index is 11.4. The minimum Gasteiger partial charge on any atom is -0.496 e. The molecule has 20 heavy (non-hydrogen) atoms. The van der Waals surface area contributed by atoms with Crippen molar-refractivity contribution < 1.29 is 28.9 Å². The van der Waals surface area contributed by atoms with Gasteiger partial charge in [-0.05, 0) is 6.07 Å². The normalized spacial score (nSPS) is 11.4. The van der Waals surface area contributed by atoms with Crippen molar-refractivity contribution in [2.24, 2.45) is 0 Å². The molecule has 7 nitrogen and oxygen atoms in total. The van der Waals surface area contributed by atoms with E-state index in [9.17, 15) is 14.7 Å². The van der Waals surface area contributed by atoms with E-state index < -0.39 is 12.0 Å². The SMILES string of the molecule is COc1cc(OC)c(C(C(=O)O)N(C)C=O)cc1OC. The van der Waals surface area contributed by atoms with E-state index in [2.05, 4.69) is 0 Å². The molecular weight excluding hydrogens is 266 g/mol. The third kappa shape index (κ3) is 2.93. The number of benzene rings is 1. The Labute approximate surface area is 116 Å². The fourth-order valence-corrected chi connectivity index (χ4v) is 1.85. The van der Waals surface area contributed by atoms with Crippen LogP contribution in [0.1, 0.15) is 11.6 Å². The molecule has 0 spiro atoms. The summed E-state index contributed by atoms with van der Waals surface area (Å²) in [5.41, 5.74) is 0.298. The van der Waals surface area contributed by atoms with Crippen molar-refractivity contribution >= 4 is 12.4 Å². The summed E-state index contributed by atoms with van der Waals surface area (Å²) in [5, 5.41) is 9.31. The summed E-state index contributed by atoms with van der Waals surface area (Å²) < 4.78 is 15.4. The molecule has 0 aromatic heterocycles. The smallest absolute Gasteiger partial charge is 0.331 e. The second kappa shape index (κ2) is 6.65. The van der Waals surface area contributed by atoms with Gasteiger partial charge in [0.05, 0.1) is 21.3 Å². The summed E-state index contributed by atoms with van der Waals surface area (Å²) in [7, 11) is 5.68. The van der Waals surface area contributed by atoms with Crippen molar-refractivity contribution in [3.8, 4) is 17.2 Å². The molecule has 1 aromatic carbocycles.